The summed E-state index contributed by atoms with van der Waals surface area (Å²) in [7, 11) is -3.19. The Morgan fingerprint density at radius 3 is 2.77 bits per heavy atom. The second-order valence-corrected chi connectivity index (χ2v) is 5.54. The van der Waals surface area contributed by atoms with Crippen LogP contribution in [0.15, 0.2) is 16.1 Å². The van der Waals surface area contributed by atoms with E-state index in [1.807, 2.05) is 0 Å². The number of allylic oxidation sites excluding steroid dienone is 1. The monoisotopic (exact) mass is 200 g/mol. The van der Waals surface area contributed by atoms with Gasteiger partial charge in [-0.05, 0) is 19.8 Å². The van der Waals surface area contributed by atoms with E-state index >= 15 is 0 Å². The maximum Gasteiger partial charge on any atom is 0.218 e. The molecule has 5 heteroatoms. The predicted octanol–water partition coefficient (Wildman–Crippen LogP) is 0.427. The van der Waals surface area contributed by atoms with Gasteiger partial charge in [-0.15, -0.1) is 0 Å². The minimum atomic E-state index is -3.19. The summed E-state index contributed by atoms with van der Waals surface area (Å²) in [6.45, 7) is 1.95. The number of nitrogens with zero attached hydrogens (tertiary/aromatic N) is 1. The number of aliphatic imine (C=N–C) groups is 1. The van der Waals surface area contributed by atoms with Crippen molar-refractivity contribution in [2.24, 2.45) is 4.99 Å². The minimum absolute atomic E-state index is 0.261. The lowest BCUT2D eigenvalue weighted by Gasteiger charge is -2.02. The molecule has 0 atom stereocenters. The molecule has 0 saturated heterocycles. The van der Waals surface area contributed by atoms with Gasteiger partial charge >= 0.3 is 0 Å². The van der Waals surface area contributed by atoms with Gasteiger partial charge in [0.25, 0.3) is 0 Å². The highest BCUT2D eigenvalue weighted by atomic mass is 32.2. The summed E-state index contributed by atoms with van der Waals surface area (Å²) in [5.41, 5.74) is 0. The number of rotatable bonds is 3. The normalized spacial score (nSPS) is 25.6. The lowest BCUT2D eigenvalue weighted by molar-refractivity contribution is 0.612. The highest BCUT2D eigenvalue weighted by Crippen LogP contribution is 2.20. The average Bonchev–Trinajstić information content (AvgIpc) is 2.83. The quantitative estimate of drug-likeness (QED) is 0.718. The Balaban J connectivity index is 2.02. The molecule has 1 heterocycles. The summed E-state index contributed by atoms with van der Waals surface area (Å²) in [5, 5.41) is 3.39. The topological polar surface area (TPSA) is 58.5 Å². The third-order valence-electron chi connectivity index (χ3n) is 2.24. The number of sulfone groups is 1. The molecule has 0 aromatic rings. The van der Waals surface area contributed by atoms with Gasteiger partial charge in [0, 0.05) is 18.8 Å². The van der Waals surface area contributed by atoms with E-state index in [1.54, 1.807) is 6.92 Å². The highest BCUT2D eigenvalue weighted by molar-refractivity contribution is 8.10. The summed E-state index contributed by atoms with van der Waals surface area (Å²) in [6.07, 6.45) is 3.72. The third kappa shape index (κ3) is 1.66. The number of nitrogens with one attached hydrogen (secondary N) is 1. The fourth-order valence-electron chi connectivity index (χ4n) is 1.15. The zero-order chi connectivity index (χ0) is 9.47. The van der Waals surface area contributed by atoms with Crippen molar-refractivity contribution in [3.63, 3.8) is 0 Å². The Labute approximate surface area is 77.7 Å². The van der Waals surface area contributed by atoms with Crippen molar-refractivity contribution >= 4 is 14.9 Å². The summed E-state index contributed by atoms with van der Waals surface area (Å²) in [5.74, 6) is 0. The average molecular weight is 200 g/mol. The van der Waals surface area contributed by atoms with Crippen LogP contribution in [-0.2, 0) is 9.84 Å². The molecule has 0 bridgehead atoms. The highest BCUT2D eigenvalue weighted by Gasteiger charge is 2.28. The van der Waals surface area contributed by atoms with Crippen LogP contribution < -0.4 is 5.32 Å². The smallest absolute Gasteiger partial charge is 0.218 e. The van der Waals surface area contributed by atoms with Gasteiger partial charge in [-0.3, -0.25) is 0 Å². The molecule has 0 unspecified atom stereocenters. The molecule has 1 aliphatic heterocycles. The largest absolute Gasteiger partial charge is 0.308 e. The molecule has 0 radical (unpaired) electrons. The molecule has 1 aliphatic carbocycles. The maximum absolute atomic E-state index is 11.5. The van der Waals surface area contributed by atoms with Gasteiger partial charge in [0.05, 0.1) is 4.91 Å². The zero-order valence-electron chi connectivity index (χ0n) is 7.45. The van der Waals surface area contributed by atoms with Crippen molar-refractivity contribution in [2.75, 3.05) is 6.54 Å². The van der Waals surface area contributed by atoms with Gasteiger partial charge < -0.3 is 5.32 Å². The van der Waals surface area contributed by atoms with Gasteiger partial charge in [-0.1, -0.05) is 0 Å². The molecule has 0 spiro atoms. The van der Waals surface area contributed by atoms with Crippen molar-refractivity contribution in [3.8, 4) is 0 Å². The first kappa shape index (κ1) is 8.90. The fraction of sp³-hybridized carbons (Fsp3) is 0.625. The van der Waals surface area contributed by atoms with Gasteiger partial charge in [-0.2, -0.15) is 0 Å². The molecule has 4 nitrogen and oxygen atoms in total. The van der Waals surface area contributed by atoms with E-state index in [2.05, 4.69) is 10.3 Å². The van der Waals surface area contributed by atoms with Gasteiger partial charge in [-0.25, -0.2) is 13.4 Å². The molecule has 2 aliphatic rings. The van der Waals surface area contributed by atoms with Crippen LogP contribution >= 0.6 is 0 Å². The summed E-state index contributed by atoms with van der Waals surface area (Å²) in [4.78, 5) is 4.22. The van der Waals surface area contributed by atoms with Crippen LogP contribution in [0.4, 0.5) is 0 Å². The number of hydrogen-bond acceptors (Lipinski definition) is 4. The van der Waals surface area contributed by atoms with Crippen molar-refractivity contribution in [3.05, 3.63) is 11.1 Å². The van der Waals surface area contributed by atoms with Gasteiger partial charge in [0.2, 0.25) is 9.84 Å². The van der Waals surface area contributed by atoms with E-state index in [0.29, 0.717) is 17.5 Å². The summed E-state index contributed by atoms with van der Waals surface area (Å²) >= 11 is 0. The maximum atomic E-state index is 11.5. The molecule has 1 saturated carbocycles. The Morgan fingerprint density at radius 2 is 2.31 bits per heavy atom. The van der Waals surface area contributed by atoms with Crippen LogP contribution in [0.25, 0.3) is 0 Å². The van der Waals surface area contributed by atoms with Crippen LogP contribution in [0.5, 0.6) is 0 Å². The Morgan fingerprint density at radius 1 is 1.62 bits per heavy atom. The molecule has 1 fully saturated rings. The SMILES string of the molecule is CC1=CN=C(CNC2CC2)S1(=O)=O. The first-order valence-corrected chi connectivity index (χ1v) is 5.81. The second-order valence-electron chi connectivity index (χ2n) is 3.42. The van der Waals surface area contributed by atoms with Gasteiger partial charge in [0.1, 0.15) is 0 Å². The fourth-order valence-corrected chi connectivity index (χ4v) is 2.18. The molecular weight excluding hydrogens is 188 g/mol. The molecule has 13 heavy (non-hydrogen) atoms. The van der Waals surface area contributed by atoms with Crippen molar-refractivity contribution in [1.29, 1.82) is 0 Å². The van der Waals surface area contributed by atoms with E-state index in [9.17, 15) is 8.42 Å². The molecule has 0 amide bonds. The Bertz CT molecular complexity index is 377. The lowest BCUT2D eigenvalue weighted by Crippen LogP contribution is -2.28. The third-order valence-corrected chi connectivity index (χ3v) is 4.07. The van der Waals surface area contributed by atoms with Crippen molar-refractivity contribution in [1.82, 2.24) is 5.32 Å². The van der Waals surface area contributed by atoms with Crippen LogP contribution in [0, 0.1) is 0 Å². The zero-order valence-corrected chi connectivity index (χ0v) is 8.26. The molecule has 0 aromatic heterocycles. The van der Waals surface area contributed by atoms with Gasteiger partial charge in [0.15, 0.2) is 5.04 Å². The minimum Gasteiger partial charge on any atom is -0.308 e. The second kappa shape index (κ2) is 2.92. The first-order valence-electron chi connectivity index (χ1n) is 4.32. The van der Waals surface area contributed by atoms with E-state index in [1.165, 1.54) is 6.20 Å². The van der Waals surface area contributed by atoms with Crippen molar-refractivity contribution in [2.45, 2.75) is 25.8 Å². The number of hydrogen-bond donors (Lipinski definition) is 1. The first-order chi connectivity index (χ1) is 6.10. The van der Waals surface area contributed by atoms with Crippen LogP contribution in [0.1, 0.15) is 19.8 Å². The summed E-state index contributed by atoms with van der Waals surface area (Å²) < 4.78 is 23.0. The van der Waals surface area contributed by atoms with Crippen LogP contribution in [0.2, 0.25) is 0 Å². The van der Waals surface area contributed by atoms with Crippen LogP contribution in [0.3, 0.4) is 0 Å². The van der Waals surface area contributed by atoms with E-state index in [-0.39, 0.29) is 5.04 Å². The lowest BCUT2D eigenvalue weighted by atomic mass is 10.6. The Kier molecular flexibility index (Phi) is 2.00. The van der Waals surface area contributed by atoms with E-state index in [0.717, 1.165) is 12.8 Å². The van der Waals surface area contributed by atoms with E-state index < -0.39 is 9.84 Å². The predicted molar refractivity (Wildman–Crippen MR) is 51.1 cm³/mol. The molecular formula is C8H12N2O2S. The van der Waals surface area contributed by atoms with E-state index in [4.69, 9.17) is 0 Å². The molecule has 2 rings (SSSR count). The molecule has 1 N–H and O–H groups in total. The summed E-state index contributed by atoms with van der Waals surface area (Å²) in [6, 6.07) is 0.513. The molecule has 72 valence electrons. The Hall–Kier alpha value is -0.680. The van der Waals surface area contributed by atoms with Crippen molar-refractivity contribution < 1.29 is 8.42 Å². The van der Waals surface area contributed by atoms with Crippen LogP contribution in [-0.4, -0.2) is 26.0 Å². The standard InChI is InChI=1S/C8H12N2O2S/c1-6-4-10-8(13(6,11)12)5-9-7-2-3-7/h4,7,9H,2-3,5H2,1H3. The molecule has 0 aromatic carbocycles.